The molecule has 0 aliphatic heterocycles. The Kier molecular flexibility index (Phi) is 6.89. The fourth-order valence-corrected chi connectivity index (χ4v) is 6.93. The van der Waals surface area contributed by atoms with Crippen molar-refractivity contribution in [2.75, 3.05) is 0 Å². The third-order valence-corrected chi connectivity index (χ3v) is 9.20. The van der Waals surface area contributed by atoms with Crippen molar-refractivity contribution in [3.63, 3.8) is 0 Å². The van der Waals surface area contributed by atoms with E-state index in [0.29, 0.717) is 0 Å². The van der Waals surface area contributed by atoms with Crippen molar-refractivity contribution < 1.29 is 0 Å². The van der Waals surface area contributed by atoms with E-state index in [1.165, 1.54) is 71.3 Å². The largest absolute Gasteiger partial charge is 0.0984 e. The van der Waals surface area contributed by atoms with Gasteiger partial charge in [0.15, 0.2) is 0 Å². The SMILES string of the molecule is C=Cc1c(C=C)c(-c2ccc(-c3ccc4ccccc4c3)cc2)c2cc(-c3ccccc3)ccc2c1-c1ccc2ccccc2c1. The number of hydrogen-bond acceptors (Lipinski definition) is 0. The molecule has 0 unspecified atom stereocenters. The number of fused-ring (bicyclic) bond motifs is 3. The normalized spacial score (nSPS) is 11.2. The van der Waals surface area contributed by atoms with E-state index in [4.69, 9.17) is 0 Å². The van der Waals surface area contributed by atoms with Gasteiger partial charge in [-0.05, 0) is 106 Å². The van der Waals surface area contributed by atoms with Gasteiger partial charge in [-0.3, -0.25) is 0 Å². The average Bonchev–Trinajstić information content (AvgIpc) is 3.13. The summed E-state index contributed by atoms with van der Waals surface area (Å²) in [5.41, 5.74) is 11.7. The molecule has 0 nitrogen and oxygen atoms in total. The van der Waals surface area contributed by atoms with E-state index in [1.807, 2.05) is 12.2 Å². The minimum absolute atomic E-state index is 1.09. The summed E-state index contributed by atoms with van der Waals surface area (Å²) < 4.78 is 0. The lowest BCUT2D eigenvalue weighted by atomic mass is 9.82. The second kappa shape index (κ2) is 11.5. The smallest absolute Gasteiger partial charge is 0.00264 e. The van der Waals surface area contributed by atoms with Gasteiger partial charge in [-0.25, -0.2) is 0 Å². The summed E-state index contributed by atoms with van der Waals surface area (Å²) in [5.74, 6) is 0. The summed E-state index contributed by atoms with van der Waals surface area (Å²) in [6.45, 7) is 8.67. The second-order valence-corrected chi connectivity index (χ2v) is 11.8. The van der Waals surface area contributed by atoms with Gasteiger partial charge in [0, 0.05) is 0 Å². The summed E-state index contributed by atoms with van der Waals surface area (Å²) in [6, 6.07) is 57.0. The van der Waals surface area contributed by atoms with Gasteiger partial charge in [0.25, 0.3) is 0 Å². The van der Waals surface area contributed by atoms with Gasteiger partial charge in [0.05, 0.1) is 0 Å². The molecule has 0 spiro atoms. The van der Waals surface area contributed by atoms with Crippen LogP contribution < -0.4 is 0 Å². The Hall–Kier alpha value is -5.98. The topological polar surface area (TPSA) is 0 Å². The minimum Gasteiger partial charge on any atom is -0.0984 e. The van der Waals surface area contributed by atoms with Crippen LogP contribution in [0.25, 0.3) is 89.0 Å². The molecular weight excluding hydrogens is 553 g/mol. The van der Waals surface area contributed by atoms with Gasteiger partial charge >= 0.3 is 0 Å². The van der Waals surface area contributed by atoms with Gasteiger partial charge in [-0.2, -0.15) is 0 Å². The van der Waals surface area contributed by atoms with Crippen molar-refractivity contribution in [1.82, 2.24) is 0 Å². The Balaban J connectivity index is 1.38. The Morgan fingerprint density at radius 3 is 1.37 bits per heavy atom. The highest BCUT2D eigenvalue weighted by atomic mass is 14.2. The molecule has 0 amide bonds. The molecule has 0 aliphatic carbocycles. The molecule has 216 valence electrons. The van der Waals surface area contributed by atoms with Crippen molar-refractivity contribution in [1.29, 1.82) is 0 Å². The molecular formula is C46H32. The van der Waals surface area contributed by atoms with Crippen molar-refractivity contribution in [3.05, 3.63) is 182 Å². The number of rotatable bonds is 6. The highest BCUT2D eigenvalue weighted by molar-refractivity contribution is 6.13. The molecule has 0 N–H and O–H groups in total. The maximum atomic E-state index is 4.34. The molecule has 0 heteroatoms. The van der Waals surface area contributed by atoms with E-state index in [9.17, 15) is 0 Å². The number of benzene rings is 8. The molecule has 0 aromatic heterocycles. The van der Waals surface area contributed by atoms with Gasteiger partial charge in [-0.15, -0.1) is 0 Å². The Labute approximate surface area is 270 Å². The predicted molar refractivity (Wildman–Crippen MR) is 201 cm³/mol. The Bertz CT molecular complexity index is 2430. The Morgan fingerprint density at radius 1 is 0.304 bits per heavy atom. The van der Waals surface area contributed by atoms with E-state index in [-0.39, 0.29) is 0 Å². The molecule has 8 rings (SSSR count). The van der Waals surface area contributed by atoms with Gasteiger partial charge in [0.2, 0.25) is 0 Å². The van der Waals surface area contributed by atoms with Crippen molar-refractivity contribution in [3.8, 4) is 44.5 Å². The second-order valence-electron chi connectivity index (χ2n) is 11.8. The first-order chi connectivity index (χ1) is 22.7. The molecule has 0 fully saturated rings. The molecule has 0 radical (unpaired) electrons. The summed E-state index contributed by atoms with van der Waals surface area (Å²) >= 11 is 0. The average molecular weight is 585 g/mol. The predicted octanol–water partition coefficient (Wildman–Crippen LogP) is 13.1. The van der Waals surface area contributed by atoms with E-state index in [0.717, 1.165) is 16.7 Å². The maximum Gasteiger partial charge on any atom is -0.00264 e. The molecule has 0 atom stereocenters. The van der Waals surface area contributed by atoms with Crippen LogP contribution in [0.3, 0.4) is 0 Å². The highest BCUT2D eigenvalue weighted by Crippen LogP contribution is 2.45. The number of hydrogen-bond donors (Lipinski definition) is 0. The van der Waals surface area contributed by atoms with Crippen LogP contribution in [-0.2, 0) is 0 Å². The molecule has 0 heterocycles. The Morgan fingerprint density at radius 2 is 0.739 bits per heavy atom. The fourth-order valence-electron chi connectivity index (χ4n) is 6.93. The summed E-state index contributed by atoms with van der Waals surface area (Å²) in [5, 5.41) is 7.35. The van der Waals surface area contributed by atoms with Crippen LogP contribution in [0.5, 0.6) is 0 Å². The van der Waals surface area contributed by atoms with Crippen LogP contribution in [0.4, 0.5) is 0 Å². The first kappa shape index (κ1) is 27.6. The van der Waals surface area contributed by atoms with E-state index < -0.39 is 0 Å². The van der Waals surface area contributed by atoms with E-state index in [2.05, 4.69) is 171 Å². The summed E-state index contributed by atoms with van der Waals surface area (Å²) in [7, 11) is 0. The quantitative estimate of drug-likeness (QED) is 0.182. The lowest BCUT2D eigenvalue weighted by molar-refractivity contribution is 1.57. The monoisotopic (exact) mass is 584 g/mol. The van der Waals surface area contributed by atoms with Crippen LogP contribution in [-0.4, -0.2) is 0 Å². The zero-order valence-corrected chi connectivity index (χ0v) is 25.6. The zero-order chi connectivity index (χ0) is 31.0. The van der Waals surface area contributed by atoms with E-state index >= 15 is 0 Å². The van der Waals surface area contributed by atoms with Crippen molar-refractivity contribution >= 4 is 44.5 Å². The molecule has 0 saturated heterocycles. The van der Waals surface area contributed by atoms with Crippen molar-refractivity contribution in [2.45, 2.75) is 0 Å². The van der Waals surface area contributed by atoms with Crippen molar-refractivity contribution in [2.24, 2.45) is 0 Å². The van der Waals surface area contributed by atoms with Crippen LogP contribution in [0.1, 0.15) is 11.1 Å². The van der Waals surface area contributed by atoms with Crippen LogP contribution in [0, 0.1) is 0 Å². The summed E-state index contributed by atoms with van der Waals surface area (Å²) in [6.07, 6.45) is 4.00. The van der Waals surface area contributed by atoms with Gasteiger partial charge < -0.3 is 0 Å². The summed E-state index contributed by atoms with van der Waals surface area (Å²) in [4.78, 5) is 0. The minimum atomic E-state index is 1.09. The molecule has 0 aliphatic rings. The molecule has 0 saturated carbocycles. The maximum absolute atomic E-state index is 4.34. The molecule has 46 heavy (non-hydrogen) atoms. The third-order valence-electron chi connectivity index (χ3n) is 9.20. The first-order valence-electron chi connectivity index (χ1n) is 15.7. The highest BCUT2D eigenvalue weighted by Gasteiger charge is 2.20. The lowest BCUT2D eigenvalue weighted by Gasteiger charge is -2.21. The standard InChI is InChI=1S/C46H32/c1-3-41-42(4-2)46(40-25-21-33-15-9-11-17-37(33)29-40)43-27-26-39(31-12-6-5-7-13-31)30-44(43)45(41)35-22-18-34(19-23-35)38-24-20-32-14-8-10-16-36(32)28-38/h3-30H,1-2H2. The van der Waals surface area contributed by atoms with Gasteiger partial charge in [0.1, 0.15) is 0 Å². The molecule has 0 bridgehead atoms. The van der Waals surface area contributed by atoms with Crippen LogP contribution in [0.15, 0.2) is 171 Å². The lowest BCUT2D eigenvalue weighted by Crippen LogP contribution is -1.97. The van der Waals surface area contributed by atoms with E-state index in [1.54, 1.807) is 0 Å². The van der Waals surface area contributed by atoms with Crippen LogP contribution in [0.2, 0.25) is 0 Å². The third kappa shape index (κ3) is 4.72. The fraction of sp³-hybridized carbons (Fsp3) is 0. The molecule has 8 aromatic rings. The van der Waals surface area contributed by atoms with Crippen LogP contribution >= 0.6 is 0 Å². The van der Waals surface area contributed by atoms with Gasteiger partial charge in [-0.1, -0.05) is 165 Å². The first-order valence-corrected chi connectivity index (χ1v) is 15.7. The molecule has 8 aromatic carbocycles. The zero-order valence-electron chi connectivity index (χ0n) is 25.6.